The van der Waals surface area contributed by atoms with Gasteiger partial charge in [0.25, 0.3) is 5.91 Å². The molecule has 2 rings (SSSR count). The number of hydrogen-bond acceptors (Lipinski definition) is 3. The van der Waals surface area contributed by atoms with Gasteiger partial charge in [0, 0.05) is 12.3 Å². The van der Waals surface area contributed by atoms with E-state index < -0.39 is 18.0 Å². The van der Waals surface area contributed by atoms with Gasteiger partial charge in [0.1, 0.15) is 5.82 Å². The van der Waals surface area contributed by atoms with Crippen molar-refractivity contribution >= 4 is 11.9 Å². The summed E-state index contributed by atoms with van der Waals surface area (Å²) in [7, 11) is 0. The lowest BCUT2D eigenvalue weighted by atomic mass is 10.1. The van der Waals surface area contributed by atoms with E-state index in [2.05, 4.69) is 0 Å². The lowest BCUT2D eigenvalue weighted by Crippen LogP contribution is -2.35. The van der Waals surface area contributed by atoms with Gasteiger partial charge in [0.15, 0.2) is 6.10 Å². The minimum absolute atomic E-state index is 0.0901. The molecule has 1 aromatic carbocycles. The number of hydrogen-bond donors (Lipinski definition) is 1. The van der Waals surface area contributed by atoms with Gasteiger partial charge >= 0.3 is 5.97 Å². The molecule has 0 unspecified atom stereocenters. The summed E-state index contributed by atoms with van der Waals surface area (Å²) in [6.45, 7) is 0. The highest BCUT2D eigenvalue weighted by atomic mass is 19.1. The van der Waals surface area contributed by atoms with E-state index in [-0.39, 0.29) is 18.2 Å². The Balaban J connectivity index is 1.80. The number of rotatable bonds is 6. The molecule has 1 aliphatic rings. The average molecular weight is 265 g/mol. The smallest absolute Gasteiger partial charge is 0.306 e. The maximum atomic E-state index is 12.7. The predicted octanol–water partition coefficient (Wildman–Crippen LogP) is 1.57. The molecule has 0 spiro atoms. The number of esters is 1. The number of nitrogens with two attached hydrogens (primary N) is 1. The van der Waals surface area contributed by atoms with Crippen molar-refractivity contribution in [2.24, 2.45) is 11.7 Å². The summed E-state index contributed by atoms with van der Waals surface area (Å²) < 4.78 is 17.8. The van der Waals surface area contributed by atoms with Gasteiger partial charge in [-0.05, 0) is 37.0 Å². The molecule has 1 atom stereocenters. The summed E-state index contributed by atoms with van der Waals surface area (Å²) in [5, 5.41) is 0. The first-order chi connectivity index (χ1) is 9.06. The summed E-state index contributed by atoms with van der Waals surface area (Å²) in [6, 6.07) is 5.93. The van der Waals surface area contributed by atoms with Crippen LogP contribution >= 0.6 is 0 Å². The van der Waals surface area contributed by atoms with Gasteiger partial charge < -0.3 is 10.5 Å². The Morgan fingerprint density at radius 3 is 2.47 bits per heavy atom. The Kier molecular flexibility index (Phi) is 4.14. The second-order valence-electron chi connectivity index (χ2n) is 4.78. The molecule has 4 nitrogen and oxygen atoms in total. The first-order valence-corrected chi connectivity index (χ1v) is 6.29. The fraction of sp³-hybridized carbons (Fsp3) is 0.429. The lowest BCUT2D eigenvalue weighted by Gasteiger charge is -2.13. The van der Waals surface area contributed by atoms with Crippen LogP contribution < -0.4 is 5.73 Å². The van der Waals surface area contributed by atoms with E-state index in [1.165, 1.54) is 12.1 Å². The zero-order chi connectivity index (χ0) is 13.8. The molecule has 5 heteroatoms. The molecule has 0 radical (unpaired) electrons. The standard InChI is InChI=1S/C14H16FNO3/c15-11-6-1-9(2-7-11)3-8-12(17)19-13(14(16)18)10-4-5-10/h1-2,6-7,10,13H,3-5,8H2,(H2,16,18)/t13-/m1/s1. The number of amides is 1. The Morgan fingerprint density at radius 1 is 1.32 bits per heavy atom. The largest absolute Gasteiger partial charge is 0.452 e. The Labute approximate surface area is 110 Å². The summed E-state index contributed by atoms with van der Waals surface area (Å²) >= 11 is 0. The van der Waals surface area contributed by atoms with Crippen LogP contribution in [0, 0.1) is 11.7 Å². The van der Waals surface area contributed by atoms with Crippen molar-refractivity contribution in [1.82, 2.24) is 0 Å². The van der Waals surface area contributed by atoms with Crippen molar-refractivity contribution in [3.05, 3.63) is 35.6 Å². The molecule has 1 amide bonds. The summed E-state index contributed by atoms with van der Waals surface area (Å²) in [4.78, 5) is 22.8. The van der Waals surface area contributed by atoms with Gasteiger partial charge in [0.05, 0.1) is 0 Å². The fourth-order valence-corrected chi connectivity index (χ4v) is 1.88. The van der Waals surface area contributed by atoms with Crippen LogP contribution in [0.1, 0.15) is 24.8 Å². The maximum Gasteiger partial charge on any atom is 0.306 e. The van der Waals surface area contributed by atoms with Crippen LogP contribution in [0.5, 0.6) is 0 Å². The summed E-state index contributed by atoms with van der Waals surface area (Å²) in [5.41, 5.74) is 6.04. The summed E-state index contributed by atoms with van der Waals surface area (Å²) in [5.74, 6) is -1.25. The molecule has 0 saturated heterocycles. The lowest BCUT2D eigenvalue weighted by molar-refractivity contribution is -0.156. The van der Waals surface area contributed by atoms with Gasteiger partial charge in [-0.1, -0.05) is 12.1 Å². The third-order valence-electron chi connectivity index (χ3n) is 3.12. The number of carbonyl (C=O) groups excluding carboxylic acids is 2. The third-order valence-corrected chi connectivity index (χ3v) is 3.12. The topological polar surface area (TPSA) is 69.4 Å². The quantitative estimate of drug-likeness (QED) is 0.794. The van der Waals surface area contributed by atoms with E-state index >= 15 is 0 Å². The van der Waals surface area contributed by atoms with E-state index in [0.717, 1.165) is 18.4 Å². The summed E-state index contributed by atoms with van der Waals surface area (Å²) in [6.07, 6.45) is 1.57. The zero-order valence-corrected chi connectivity index (χ0v) is 10.5. The van der Waals surface area contributed by atoms with Crippen molar-refractivity contribution in [1.29, 1.82) is 0 Å². The molecule has 0 aliphatic heterocycles. The molecule has 1 saturated carbocycles. The maximum absolute atomic E-state index is 12.7. The van der Waals surface area contributed by atoms with Crippen molar-refractivity contribution in [2.75, 3.05) is 0 Å². The van der Waals surface area contributed by atoms with E-state index in [1.807, 2.05) is 0 Å². The Bertz CT molecular complexity index is 468. The molecule has 0 aromatic heterocycles. The number of aryl methyl sites for hydroxylation is 1. The second-order valence-corrected chi connectivity index (χ2v) is 4.78. The monoisotopic (exact) mass is 265 g/mol. The average Bonchev–Trinajstić information content (AvgIpc) is 3.19. The minimum Gasteiger partial charge on any atom is -0.452 e. The molecule has 1 aromatic rings. The van der Waals surface area contributed by atoms with Gasteiger partial charge in [-0.15, -0.1) is 0 Å². The fourth-order valence-electron chi connectivity index (χ4n) is 1.88. The van der Waals surface area contributed by atoms with Crippen LogP contribution in [0.4, 0.5) is 4.39 Å². The van der Waals surface area contributed by atoms with Gasteiger partial charge in [-0.2, -0.15) is 0 Å². The van der Waals surface area contributed by atoms with Crippen LogP contribution in [0.25, 0.3) is 0 Å². The zero-order valence-electron chi connectivity index (χ0n) is 10.5. The normalized spacial score (nSPS) is 15.8. The number of carbonyl (C=O) groups is 2. The van der Waals surface area contributed by atoms with E-state index in [9.17, 15) is 14.0 Å². The molecule has 19 heavy (non-hydrogen) atoms. The van der Waals surface area contributed by atoms with Gasteiger partial charge in [0.2, 0.25) is 0 Å². The van der Waals surface area contributed by atoms with Crippen LogP contribution in [0.2, 0.25) is 0 Å². The van der Waals surface area contributed by atoms with E-state index in [4.69, 9.17) is 10.5 Å². The van der Waals surface area contributed by atoms with Crippen molar-refractivity contribution in [3.8, 4) is 0 Å². The highest BCUT2D eigenvalue weighted by molar-refractivity contribution is 5.83. The van der Waals surface area contributed by atoms with Crippen LogP contribution in [0.3, 0.4) is 0 Å². The van der Waals surface area contributed by atoms with Gasteiger partial charge in [-0.3, -0.25) is 9.59 Å². The number of benzene rings is 1. The first-order valence-electron chi connectivity index (χ1n) is 6.29. The van der Waals surface area contributed by atoms with E-state index in [1.54, 1.807) is 12.1 Å². The second kappa shape index (κ2) is 5.82. The van der Waals surface area contributed by atoms with Crippen LogP contribution in [-0.2, 0) is 20.7 Å². The highest BCUT2D eigenvalue weighted by Gasteiger charge is 2.37. The third kappa shape index (κ3) is 4.05. The van der Waals surface area contributed by atoms with E-state index in [0.29, 0.717) is 6.42 Å². The van der Waals surface area contributed by atoms with Crippen LogP contribution in [0.15, 0.2) is 24.3 Å². The molecule has 0 heterocycles. The molecular weight excluding hydrogens is 249 g/mol. The molecule has 1 fully saturated rings. The Morgan fingerprint density at radius 2 is 1.95 bits per heavy atom. The predicted molar refractivity (Wildman–Crippen MR) is 66.5 cm³/mol. The van der Waals surface area contributed by atoms with Crippen LogP contribution in [-0.4, -0.2) is 18.0 Å². The molecule has 0 bridgehead atoms. The highest BCUT2D eigenvalue weighted by Crippen LogP contribution is 2.34. The SMILES string of the molecule is NC(=O)[C@H](OC(=O)CCc1ccc(F)cc1)C1CC1. The molecule has 102 valence electrons. The number of halogens is 1. The minimum atomic E-state index is -0.791. The van der Waals surface area contributed by atoms with Crippen molar-refractivity contribution in [3.63, 3.8) is 0 Å². The first kappa shape index (κ1) is 13.5. The molecule has 1 aliphatic carbocycles. The van der Waals surface area contributed by atoms with Crippen molar-refractivity contribution in [2.45, 2.75) is 31.8 Å². The van der Waals surface area contributed by atoms with Crippen molar-refractivity contribution < 1.29 is 18.7 Å². The molecule has 2 N–H and O–H groups in total. The van der Waals surface area contributed by atoms with Gasteiger partial charge in [-0.25, -0.2) is 4.39 Å². The number of ether oxygens (including phenoxy) is 1. The molecular formula is C14H16FNO3. The Hall–Kier alpha value is -1.91. The number of primary amides is 1.